The van der Waals surface area contributed by atoms with Crippen LogP contribution in [0.4, 0.5) is 10.5 Å². The molecule has 0 bridgehead atoms. The minimum atomic E-state index is -1.47. The number of nitrogens with zero attached hydrogens (tertiary/aromatic N) is 1. The first-order valence-corrected chi connectivity index (χ1v) is 7.34. The highest BCUT2D eigenvalue weighted by molar-refractivity contribution is 5.91. The monoisotopic (exact) mass is 322 g/mol. The highest BCUT2D eigenvalue weighted by atomic mass is 16.6. The number of cyclic esters (lactones) is 1. The third-order valence-electron chi connectivity index (χ3n) is 4.14. The second-order valence-corrected chi connectivity index (χ2v) is 6.08. The third kappa shape index (κ3) is 3.39. The zero-order chi connectivity index (χ0) is 17.3. The first kappa shape index (κ1) is 17.1. The molecular weight excluding hydrogens is 300 g/mol. The fourth-order valence-electron chi connectivity index (χ4n) is 2.32. The van der Waals surface area contributed by atoms with Crippen molar-refractivity contribution in [2.45, 2.75) is 38.5 Å². The van der Waals surface area contributed by atoms with Gasteiger partial charge in [-0.05, 0) is 32.9 Å². The van der Waals surface area contributed by atoms with Gasteiger partial charge in [-0.2, -0.15) is 0 Å². The molecule has 2 N–H and O–H groups in total. The van der Waals surface area contributed by atoms with Gasteiger partial charge in [0.05, 0.1) is 7.11 Å². The Morgan fingerprint density at radius 2 is 2.09 bits per heavy atom. The van der Waals surface area contributed by atoms with Crippen LogP contribution in [0.2, 0.25) is 0 Å². The van der Waals surface area contributed by atoms with Crippen molar-refractivity contribution in [1.29, 1.82) is 0 Å². The molecule has 0 aliphatic carbocycles. The zero-order valence-corrected chi connectivity index (χ0v) is 13.8. The molecule has 1 saturated heterocycles. The standard InChI is InChI=1S/C16H22N2O5/c1-15(2)16(3,21)18(14(20)23-15)9-8-13(19)17-11-6-5-7-12(10-11)22-4/h5-7,10,21H,8-9H2,1-4H3,(H,17,19)/t16-/m1/s1. The van der Waals surface area contributed by atoms with E-state index in [0.29, 0.717) is 11.4 Å². The summed E-state index contributed by atoms with van der Waals surface area (Å²) in [6, 6.07) is 6.97. The van der Waals surface area contributed by atoms with E-state index in [-0.39, 0.29) is 18.9 Å². The molecule has 1 aromatic carbocycles. The maximum absolute atomic E-state index is 12.0. The van der Waals surface area contributed by atoms with Gasteiger partial charge in [0, 0.05) is 24.7 Å². The number of amides is 2. The number of rotatable bonds is 5. The SMILES string of the molecule is COc1cccc(NC(=O)CCN2C(=O)OC(C)(C)[C@@]2(C)O)c1. The van der Waals surface area contributed by atoms with Gasteiger partial charge < -0.3 is 19.9 Å². The Hall–Kier alpha value is -2.28. The number of ether oxygens (including phenoxy) is 2. The van der Waals surface area contributed by atoms with Crippen LogP contribution in [0.3, 0.4) is 0 Å². The first-order valence-electron chi connectivity index (χ1n) is 7.34. The Bertz CT molecular complexity index is 612. The van der Waals surface area contributed by atoms with Gasteiger partial charge in [-0.15, -0.1) is 0 Å². The van der Waals surface area contributed by atoms with Crippen molar-refractivity contribution in [2.75, 3.05) is 19.0 Å². The van der Waals surface area contributed by atoms with Crippen LogP contribution in [0.1, 0.15) is 27.2 Å². The maximum Gasteiger partial charge on any atom is 0.412 e. The lowest BCUT2D eigenvalue weighted by Gasteiger charge is -2.34. The normalized spacial score (nSPS) is 22.7. The van der Waals surface area contributed by atoms with Crippen molar-refractivity contribution >= 4 is 17.7 Å². The summed E-state index contributed by atoms with van der Waals surface area (Å²) in [6.07, 6.45) is -0.590. The molecule has 7 nitrogen and oxygen atoms in total. The Balaban J connectivity index is 1.95. The molecular formula is C16H22N2O5. The van der Waals surface area contributed by atoms with E-state index in [0.717, 1.165) is 4.90 Å². The lowest BCUT2D eigenvalue weighted by molar-refractivity contribution is -0.130. The fourth-order valence-corrected chi connectivity index (χ4v) is 2.32. The summed E-state index contributed by atoms with van der Waals surface area (Å²) in [6.45, 7) is 4.81. The molecule has 1 fully saturated rings. The lowest BCUT2D eigenvalue weighted by atomic mass is 9.96. The smallest absolute Gasteiger partial charge is 0.412 e. The maximum atomic E-state index is 12.0. The Morgan fingerprint density at radius 3 is 2.65 bits per heavy atom. The van der Waals surface area contributed by atoms with Crippen molar-refractivity contribution in [1.82, 2.24) is 4.90 Å². The Morgan fingerprint density at radius 1 is 1.39 bits per heavy atom. The van der Waals surface area contributed by atoms with Crippen LogP contribution in [-0.2, 0) is 9.53 Å². The van der Waals surface area contributed by atoms with Crippen LogP contribution in [0, 0.1) is 0 Å². The summed E-state index contributed by atoms with van der Waals surface area (Å²) >= 11 is 0. The predicted molar refractivity (Wildman–Crippen MR) is 84.1 cm³/mol. The number of hydrogen-bond donors (Lipinski definition) is 2. The van der Waals surface area contributed by atoms with Crippen molar-refractivity contribution in [2.24, 2.45) is 0 Å². The fraction of sp³-hybridized carbons (Fsp3) is 0.500. The van der Waals surface area contributed by atoms with Crippen LogP contribution in [0.25, 0.3) is 0 Å². The van der Waals surface area contributed by atoms with Crippen molar-refractivity contribution in [3.05, 3.63) is 24.3 Å². The largest absolute Gasteiger partial charge is 0.497 e. The highest BCUT2D eigenvalue weighted by Crippen LogP contribution is 2.36. The van der Waals surface area contributed by atoms with Crippen LogP contribution in [0.15, 0.2) is 24.3 Å². The molecule has 0 spiro atoms. The minimum absolute atomic E-state index is 0.0402. The van der Waals surface area contributed by atoms with Gasteiger partial charge >= 0.3 is 6.09 Å². The minimum Gasteiger partial charge on any atom is -0.497 e. The number of carbonyl (C=O) groups is 2. The van der Waals surface area contributed by atoms with Gasteiger partial charge in [0.1, 0.15) is 5.75 Å². The van der Waals surface area contributed by atoms with Crippen molar-refractivity contribution < 1.29 is 24.2 Å². The van der Waals surface area contributed by atoms with Crippen molar-refractivity contribution in [3.8, 4) is 5.75 Å². The summed E-state index contributed by atoms with van der Waals surface area (Å²) in [5, 5.41) is 13.2. The molecule has 0 aromatic heterocycles. The number of carbonyl (C=O) groups excluding carboxylic acids is 2. The molecule has 2 rings (SSSR count). The molecule has 1 aliphatic heterocycles. The van der Waals surface area contributed by atoms with Gasteiger partial charge in [-0.25, -0.2) is 4.79 Å². The summed E-state index contributed by atoms with van der Waals surface area (Å²) in [4.78, 5) is 25.1. The highest BCUT2D eigenvalue weighted by Gasteiger charge is 2.56. The summed E-state index contributed by atoms with van der Waals surface area (Å²) in [5.74, 6) is 0.363. The van der Waals surface area contributed by atoms with E-state index < -0.39 is 17.4 Å². The molecule has 1 aromatic rings. The second-order valence-electron chi connectivity index (χ2n) is 6.08. The van der Waals surface area contributed by atoms with E-state index in [1.807, 2.05) is 0 Å². The van der Waals surface area contributed by atoms with E-state index in [4.69, 9.17) is 9.47 Å². The van der Waals surface area contributed by atoms with Gasteiger partial charge in [-0.3, -0.25) is 9.69 Å². The van der Waals surface area contributed by atoms with Gasteiger partial charge in [-0.1, -0.05) is 6.07 Å². The molecule has 7 heteroatoms. The number of anilines is 1. The average molecular weight is 322 g/mol. The third-order valence-corrected chi connectivity index (χ3v) is 4.14. The molecule has 2 amide bonds. The molecule has 126 valence electrons. The molecule has 1 heterocycles. The van der Waals surface area contributed by atoms with Crippen LogP contribution in [-0.4, -0.2) is 47.0 Å². The van der Waals surface area contributed by atoms with E-state index in [2.05, 4.69) is 5.32 Å². The molecule has 0 radical (unpaired) electrons. The zero-order valence-electron chi connectivity index (χ0n) is 13.8. The molecule has 0 saturated carbocycles. The number of methoxy groups -OCH3 is 1. The van der Waals surface area contributed by atoms with E-state index in [1.54, 1.807) is 45.2 Å². The Kier molecular flexibility index (Phi) is 4.51. The van der Waals surface area contributed by atoms with Crippen LogP contribution < -0.4 is 10.1 Å². The van der Waals surface area contributed by atoms with Gasteiger partial charge in [0.25, 0.3) is 0 Å². The van der Waals surface area contributed by atoms with E-state index in [1.165, 1.54) is 6.92 Å². The number of hydrogen-bond acceptors (Lipinski definition) is 5. The molecule has 1 aliphatic rings. The topological polar surface area (TPSA) is 88.1 Å². The van der Waals surface area contributed by atoms with Gasteiger partial charge in [0.15, 0.2) is 11.3 Å². The van der Waals surface area contributed by atoms with Crippen molar-refractivity contribution in [3.63, 3.8) is 0 Å². The average Bonchev–Trinajstić information content (AvgIpc) is 2.61. The quantitative estimate of drug-likeness (QED) is 0.865. The predicted octanol–water partition coefficient (Wildman–Crippen LogP) is 1.96. The summed E-state index contributed by atoms with van der Waals surface area (Å²) in [7, 11) is 1.55. The molecule has 0 unspecified atom stereocenters. The number of benzene rings is 1. The Labute approximate surface area is 135 Å². The summed E-state index contributed by atoms with van der Waals surface area (Å²) < 4.78 is 10.2. The van der Waals surface area contributed by atoms with Crippen LogP contribution in [0.5, 0.6) is 5.75 Å². The van der Waals surface area contributed by atoms with E-state index >= 15 is 0 Å². The van der Waals surface area contributed by atoms with Crippen LogP contribution >= 0.6 is 0 Å². The summed E-state index contributed by atoms with van der Waals surface area (Å²) in [5.41, 5.74) is -1.90. The second kappa shape index (κ2) is 6.08. The molecule has 1 atom stereocenters. The van der Waals surface area contributed by atoms with E-state index in [9.17, 15) is 14.7 Å². The molecule has 23 heavy (non-hydrogen) atoms. The van der Waals surface area contributed by atoms with Gasteiger partial charge in [0.2, 0.25) is 5.91 Å². The lowest BCUT2D eigenvalue weighted by Crippen LogP contribution is -2.54. The first-order chi connectivity index (χ1) is 10.7. The number of nitrogens with one attached hydrogen (secondary N) is 1. The number of aliphatic hydroxyl groups is 1.